The minimum Gasteiger partial charge on any atom is -0.449 e. The van der Waals surface area contributed by atoms with Gasteiger partial charge in [0, 0.05) is 56.7 Å². The van der Waals surface area contributed by atoms with Gasteiger partial charge < -0.3 is 20.5 Å². The van der Waals surface area contributed by atoms with E-state index in [1.807, 2.05) is 37.3 Å². The van der Waals surface area contributed by atoms with Gasteiger partial charge in [0.05, 0.1) is 22.6 Å². The number of hydrogen-bond acceptors (Lipinski definition) is 9. The second-order valence-electron chi connectivity index (χ2n) is 9.53. The first-order valence-electron chi connectivity index (χ1n) is 11.4. The molecule has 1 saturated heterocycles. The molecule has 1 aromatic carbocycles. The molecule has 2 fully saturated rings. The molecule has 1 saturated carbocycles. The van der Waals surface area contributed by atoms with Crippen molar-refractivity contribution in [3.05, 3.63) is 46.8 Å². The summed E-state index contributed by atoms with van der Waals surface area (Å²) in [6, 6.07) is 4.00. The van der Waals surface area contributed by atoms with Gasteiger partial charge in [-0.15, -0.1) is 0 Å². The van der Waals surface area contributed by atoms with E-state index in [-0.39, 0.29) is 5.41 Å². The van der Waals surface area contributed by atoms with Crippen molar-refractivity contribution < 1.29 is 4.42 Å². The number of nitrogens with zero attached hydrogens (tertiary/aromatic N) is 6. The Morgan fingerprint density at radius 3 is 2.82 bits per heavy atom. The first-order valence-corrected chi connectivity index (χ1v) is 11.8. The van der Waals surface area contributed by atoms with Crippen molar-refractivity contribution in [2.45, 2.75) is 18.9 Å². The Kier molecular flexibility index (Phi) is 4.10. The molecule has 3 atom stereocenters. The zero-order valence-corrected chi connectivity index (χ0v) is 19.6. The van der Waals surface area contributed by atoms with Crippen LogP contribution in [-0.4, -0.2) is 56.8 Å². The fraction of sp³-hybridized carbons (Fsp3) is 0.391. The van der Waals surface area contributed by atoms with Gasteiger partial charge >= 0.3 is 0 Å². The molecular weight excluding hydrogens is 454 g/mol. The molecule has 0 spiro atoms. The average Bonchev–Trinajstić information content (AvgIpc) is 3.44. The van der Waals surface area contributed by atoms with E-state index in [9.17, 15) is 0 Å². The van der Waals surface area contributed by atoms with Crippen LogP contribution in [-0.2, 0) is 12.0 Å². The maximum Gasteiger partial charge on any atom is 0.191 e. The maximum absolute atomic E-state index is 6.76. The second-order valence-corrected chi connectivity index (χ2v) is 9.91. The molecule has 7 rings (SSSR count). The van der Waals surface area contributed by atoms with Crippen molar-refractivity contribution in [2.75, 3.05) is 37.0 Å². The summed E-state index contributed by atoms with van der Waals surface area (Å²) in [5, 5.41) is 10.3. The lowest BCUT2D eigenvalue weighted by molar-refractivity contribution is 0.422. The number of oxazole rings is 1. The zero-order chi connectivity index (χ0) is 23.2. The Bertz CT molecular complexity index is 1430. The Balaban J connectivity index is 1.16. The third-order valence-corrected chi connectivity index (χ3v) is 8.19. The van der Waals surface area contributed by atoms with Crippen molar-refractivity contribution in [1.82, 2.24) is 30.2 Å². The molecule has 174 valence electrons. The predicted octanol–water partition coefficient (Wildman–Crippen LogP) is 2.70. The quantitative estimate of drug-likeness (QED) is 0.406. The van der Waals surface area contributed by atoms with Crippen molar-refractivity contribution in [2.24, 2.45) is 17.6 Å². The summed E-state index contributed by atoms with van der Waals surface area (Å²) in [4.78, 5) is 16.4. The van der Waals surface area contributed by atoms with Gasteiger partial charge in [-0.05, 0) is 24.0 Å². The summed E-state index contributed by atoms with van der Waals surface area (Å²) in [7, 11) is 1.99. The first-order chi connectivity index (χ1) is 16.5. The molecule has 34 heavy (non-hydrogen) atoms. The lowest BCUT2D eigenvalue weighted by Gasteiger charge is -2.25. The van der Waals surface area contributed by atoms with Gasteiger partial charge in [-0.2, -0.15) is 5.10 Å². The average molecular weight is 478 g/mol. The number of rotatable bonds is 4. The molecule has 4 N–H and O–H groups in total. The van der Waals surface area contributed by atoms with Gasteiger partial charge in [0.2, 0.25) is 0 Å². The summed E-state index contributed by atoms with van der Waals surface area (Å²) in [6.45, 7) is 4.91. The molecule has 1 aliphatic carbocycles. The summed E-state index contributed by atoms with van der Waals surface area (Å²) < 4.78 is 5.47. The first kappa shape index (κ1) is 20.2. The van der Waals surface area contributed by atoms with Gasteiger partial charge in [-0.1, -0.05) is 11.6 Å². The van der Waals surface area contributed by atoms with Crippen LogP contribution in [0.4, 0.5) is 11.5 Å². The van der Waals surface area contributed by atoms with Crippen molar-refractivity contribution in [1.29, 1.82) is 0 Å². The lowest BCUT2D eigenvalue weighted by Crippen LogP contribution is -2.35. The molecule has 11 heteroatoms. The normalized spacial score (nSPS) is 25.6. The second kappa shape index (κ2) is 6.91. The fourth-order valence-electron chi connectivity index (χ4n) is 5.96. The highest BCUT2D eigenvalue weighted by atomic mass is 35.5. The van der Waals surface area contributed by atoms with E-state index in [1.165, 1.54) is 0 Å². The van der Waals surface area contributed by atoms with Gasteiger partial charge in [0.25, 0.3) is 0 Å². The molecular formula is C23H24ClN9O. The van der Waals surface area contributed by atoms with Crippen LogP contribution in [0.5, 0.6) is 0 Å². The predicted molar refractivity (Wildman–Crippen MR) is 128 cm³/mol. The van der Waals surface area contributed by atoms with Gasteiger partial charge in [-0.25, -0.2) is 20.0 Å². The molecule has 0 bridgehead atoms. The molecule has 2 aliphatic heterocycles. The molecule has 5 heterocycles. The van der Waals surface area contributed by atoms with E-state index < -0.39 is 0 Å². The Morgan fingerprint density at radius 1 is 1.26 bits per heavy atom. The van der Waals surface area contributed by atoms with Crippen molar-refractivity contribution in [3.8, 4) is 11.3 Å². The number of aryl methyl sites for hydroxylation is 1. The van der Waals surface area contributed by atoms with Crippen LogP contribution >= 0.6 is 11.6 Å². The molecule has 0 amide bonds. The largest absolute Gasteiger partial charge is 0.449 e. The highest BCUT2D eigenvalue weighted by Gasteiger charge is 2.69. The van der Waals surface area contributed by atoms with E-state index >= 15 is 0 Å². The fourth-order valence-corrected chi connectivity index (χ4v) is 6.28. The Hall–Kier alpha value is -3.21. The smallest absolute Gasteiger partial charge is 0.191 e. The number of benzene rings is 1. The van der Waals surface area contributed by atoms with Crippen LogP contribution in [0.1, 0.15) is 17.1 Å². The number of aromatic nitrogens is 5. The molecule has 3 aliphatic rings. The topological polar surface area (TPSA) is 125 Å². The van der Waals surface area contributed by atoms with Crippen LogP contribution < -0.4 is 16.1 Å². The van der Waals surface area contributed by atoms with Gasteiger partial charge in [0.1, 0.15) is 23.3 Å². The highest BCUT2D eigenvalue weighted by Crippen LogP contribution is 2.63. The number of aromatic amines is 1. The summed E-state index contributed by atoms with van der Waals surface area (Å²) in [5.41, 5.74) is 15.4. The van der Waals surface area contributed by atoms with Gasteiger partial charge in [0.15, 0.2) is 11.5 Å². The van der Waals surface area contributed by atoms with Crippen molar-refractivity contribution in [3.63, 3.8) is 0 Å². The van der Waals surface area contributed by atoms with E-state index in [4.69, 9.17) is 31.7 Å². The molecule has 0 radical (unpaired) electrons. The minimum absolute atomic E-state index is 0.0831. The molecule has 0 unspecified atom stereocenters. The van der Waals surface area contributed by atoms with E-state index in [0.717, 1.165) is 48.0 Å². The Morgan fingerprint density at radius 2 is 2.09 bits per heavy atom. The monoisotopic (exact) mass is 477 g/mol. The Labute approximate surface area is 200 Å². The number of halogens is 1. The number of fused-ring (bicyclic) bond motifs is 3. The lowest BCUT2D eigenvalue weighted by atomic mass is 9.96. The maximum atomic E-state index is 6.76. The number of anilines is 2. The summed E-state index contributed by atoms with van der Waals surface area (Å²) >= 11 is 6.76. The van der Waals surface area contributed by atoms with Crippen LogP contribution in [0.3, 0.4) is 0 Å². The number of nitrogens with two attached hydrogens (primary N) is 1. The third kappa shape index (κ3) is 2.64. The SMILES string of the molecule is Cc1nc([C@]2(CN)[C@@H]3CN(c4cnc5c(-c6ccc7c(c6Cl)CN(C)N7)n[nH]c5n4)C[C@@H]32)co1. The van der Waals surface area contributed by atoms with E-state index in [1.54, 1.807) is 6.26 Å². The van der Waals surface area contributed by atoms with Crippen LogP contribution in [0.2, 0.25) is 5.02 Å². The number of hydrogen-bond donors (Lipinski definition) is 3. The molecule has 4 aromatic rings. The number of H-pyrrole nitrogens is 1. The van der Waals surface area contributed by atoms with Crippen LogP contribution in [0.25, 0.3) is 22.4 Å². The highest BCUT2D eigenvalue weighted by molar-refractivity contribution is 6.34. The third-order valence-electron chi connectivity index (χ3n) is 7.75. The summed E-state index contributed by atoms with van der Waals surface area (Å²) in [6.07, 6.45) is 3.59. The number of piperidine rings is 1. The zero-order valence-electron chi connectivity index (χ0n) is 18.8. The summed E-state index contributed by atoms with van der Waals surface area (Å²) in [5.74, 6) is 2.40. The molecule has 10 nitrogen and oxygen atoms in total. The number of nitrogens with one attached hydrogen (secondary N) is 2. The van der Waals surface area contributed by atoms with Crippen LogP contribution in [0.15, 0.2) is 29.0 Å². The van der Waals surface area contributed by atoms with Crippen molar-refractivity contribution >= 4 is 34.3 Å². The standard InChI is InChI=1S/C23H24ClN9O/c1-11-27-17(9-34-11)23(10-25)14-7-33(8-15(14)23)18-5-26-21-20(29-30-22(21)28-18)12-3-4-16-13(19(12)24)6-32(2)31-16/h3-5,9,14-15,31H,6-8,10,25H2,1-2H3,(H,28,29,30)/t14-,15+,23-. The van der Waals surface area contributed by atoms with E-state index in [2.05, 4.69) is 25.5 Å². The van der Waals surface area contributed by atoms with Gasteiger partial charge in [-0.3, -0.25) is 5.10 Å². The van der Waals surface area contributed by atoms with E-state index in [0.29, 0.717) is 46.2 Å². The van der Waals surface area contributed by atoms with Crippen LogP contribution in [0, 0.1) is 18.8 Å². The minimum atomic E-state index is -0.0831. The molecule has 3 aromatic heterocycles. The number of hydrazine groups is 1.